The zero-order valence-electron chi connectivity index (χ0n) is 14.0. The molecule has 0 radical (unpaired) electrons. The van der Waals surface area contributed by atoms with Crippen LogP contribution in [0.15, 0.2) is 48.5 Å². The van der Waals surface area contributed by atoms with Gasteiger partial charge in [-0.2, -0.15) is 0 Å². The SMILES string of the molecule is CCC(Cc1ccccc1)N(CC)C(=O)c1cccc(C(=O)O)n1. The fourth-order valence-corrected chi connectivity index (χ4v) is 2.75. The first-order chi connectivity index (χ1) is 11.6. The predicted octanol–water partition coefficient (Wildman–Crippen LogP) is 3.26. The Morgan fingerprint density at radius 1 is 1.04 bits per heavy atom. The summed E-state index contributed by atoms with van der Waals surface area (Å²) in [7, 11) is 0. The van der Waals surface area contributed by atoms with Crippen molar-refractivity contribution in [1.82, 2.24) is 9.88 Å². The summed E-state index contributed by atoms with van der Waals surface area (Å²) >= 11 is 0. The van der Waals surface area contributed by atoms with Crippen LogP contribution in [-0.4, -0.2) is 39.5 Å². The summed E-state index contributed by atoms with van der Waals surface area (Å²) in [6.07, 6.45) is 1.57. The van der Waals surface area contributed by atoms with E-state index in [-0.39, 0.29) is 23.3 Å². The van der Waals surface area contributed by atoms with Gasteiger partial charge in [-0.25, -0.2) is 9.78 Å². The second-order valence-electron chi connectivity index (χ2n) is 5.56. The van der Waals surface area contributed by atoms with Crippen molar-refractivity contribution in [3.63, 3.8) is 0 Å². The topological polar surface area (TPSA) is 70.5 Å². The Kier molecular flexibility index (Phi) is 6.07. The molecule has 5 heteroatoms. The van der Waals surface area contributed by atoms with Gasteiger partial charge >= 0.3 is 5.97 Å². The predicted molar refractivity (Wildman–Crippen MR) is 92.1 cm³/mol. The number of hydrogen-bond donors (Lipinski definition) is 1. The minimum absolute atomic E-state index is 0.0418. The average molecular weight is 326 g/mol. The van der Waals surface area contributed by atoms with Gasteiger partial charge in [-0.05, 0) is 37.5 Å². The number of aromatic nitrogens is 1. The third-order valence-corrected chi connectivity index (χ3v) is 4.02. The van der Waals surface area contributed by atoms with E-state index in [4.69, 9.17) is 5.11 Å². The van der Waals surface area contributed by atoms with Gasteiger partial charge in [-0.1, -0.05) is 43.3 Å². The van der Waals surface area contributed by atoms with Gasteiger partial charge in [0, 0.05) is 12.6 Å². The molecule has 1 N–H and O–H groups in total. The van der Waals surface area contributed by atoms with Crippen molar-refractivity contribution in [2.24, 2.45) is 0 Å². The van der Waals surface area contributed by atoms with Gasteiger partial charge in [-0.15, -0.1) is 0 Å². The monoisotopic (exact) mass is 326 g/mol. The lowest BCUT2D eigenvalue weighted by molar-refractivity contribution is 0.0675. The smallest absolute Gasteiger partial charge is 0.354 e. The van der Waals surface area contributed by atoms with Crippen LogP contribution in [0.3, 0.4) is 0 Å². The third kappa shape index (κ3) is 4.19. The Morgan fingerprint density at radius 2 is 1.71 bits per heavy atom. The normalized spacial score (nSPS) is 11.8. The maximum Gasteiger partial charge on any atom is 0.354 e. The van der Waals surface area contributed by atoms with Crippen LogP contribution < -0.4 is 0 Å². The Labute approximate surface area is 142 Å². The lowest BCUT2D eigenvalue weighted by Gasteiger charge is -2.30. The van der Waals surface area contributed by atoms with Gasteiger partial charge in [0.1, 0.15) is 11.4 Å². The number of rotatable bonds is 7. The molecule has 24 heavy (non-hydrogen) atoms. The molecule has 0 spiro atoms. The van der Waals surface area contributed by atoms with Gasteiger partial charge in [0.15, 0.2) is 0 Å². The van der Waals surface area contributed by atoms with Crippen LogP contribution in [0.25, 0.3) is 0 Å². The highest BCUT2D eigenvalue weighted by Gasteiger charge is 2.24. The van der Waals surface area contributed by atoms with Crippen LogP contribution in [0.4, 0.5) is 0 Å². The van der Waals surface area contributed by atoms with Crippen molar-refractivity contribution in [3.05, 3.63) is 65.5 Å². The number of hydrogen-bond acceptors (Lipinski definition) is 3. The molecule has 0 saturated heterocycles. The molecule has 0 aliphatic carbocycles. The number of carboxylic acid groups (broad SMARTS) is 1. The van der Waals surface area contributed by atoms with Gasteiger partial charge in [0.2, 0.25) is 0 Å². The summed E-state index contributed by atoms with van der Waals surface area (Å²) in [5, 5.41) is 9.05. The first-order valence-electron chi connectivity index (χ1n) is 8.12. The second-order valence-corrected chi connectivity index (χ2v) is 5.56. The van der Waals surface area contributed by atoms with Gasteiger partial charge in [0.25, 0.3) is 5.91 Å². The Balaban J connectivity index is 2.23. The molecule has 2 aromatic rings. The Morgan fingerprint density at radius 3 is 2.29 bits per heavy atom. The van der Waals surface area contributed by atoms with E-state index in [1.165, 1.54) is 11.6 Å². The minimum atomic E-state index is -1.14. The molecule has 5 nitrogen and oxygen atoms in total. The van der Waals surface area contributed by atoms with Crippen LogP contribution in [0.2, 0.25) is 0 Å². The quantitative estimate of drug-likeness (QED) is 0.848. The summed E-state index contributed by atoms with van der Waals surface area (Å²) in [4.78, 5) is 29.6. The van der Waals surface area contributed by atoms with Crippen LogP contribution >= 0.6 is 0 Å². The highest BCUT2D eigenvalue weighted by Crippen LogP contribution is 2.15. The van der Waals surface area contributed by atoms with E-state index in [2.05, 4.69) is 4.98 Å². The molecule has 1 heterocycles. The standard InChI is InChI=1S/C19H22N2O3/c1-3-15(13-14-9-6-5-7-10-14)21(4-2)18(22)16-11-8-12-17(20-16)19(23)24/h5-12,15H,3-4,13H2,1-2H3,(H,23,24). The minimum Gasteiger partial charge on any atom is -0.477 e. The summed E-state index contributed by atoms with van der Waals surface area (Å²) in [6, 6.07) is 14.6. The van der Waals surface area contributed by atoms with Gasteiger partial charge < -0.3 is 10.0 Å². The average Bonchev–Trinajstić information content (AvgIpc) is 2.62. The zero-order valence-corrected chi connectivity index (χ0v) is 14.0. The molecule has 1 atom stereocenters. The number of likely N-dealkylation sites (N-methyl/N-ethyl adjacent to an activating group) is 1. The molecule has 0 bridgehead atoms. The van der Waals surface area contributed by atoms with E-state index in [0.29, 0.717) is 6.54 Å². The molecule has 1 aromatic carbocycles. The van der Waals surface area contributed by atoms with Crippen molar-refractivity contribution >= 4 is 11.9 Å². The van der Waals surface area contributed by atoms with Crippen LogP contribution in [0.1, 0.15) is 46.8 Å². The molecule has 1 amide bonds. The van der Waals surface area contributed by atoms with Crippen molar-refractivity contribution < 1.29 is 14.7 Å². The van der Waals surface area contributed by atoms with E-state index in [1.807, 2.05) is 44.2 Å². The van der Waals surface area contributed by atoms with Gasteiger partial charge in [0.05, 0.1) is 0 Å². The second kappa shape index (κ2) is 8.24. The molecule has 1 unspecified atom stereocenters. The van der Waals surface area contributed by atoms with E-state index in [9.17, 15) is 9.59 Å². The lowest BCUT2D eigenvalue weighted by Crippen LogP contribution is -2.41. The molecule has 0 saturated carbocycles. The molecule has 126 valence electrons. The van der Waals surface area contributed by atoms with Crippen molar-refractivity contribution in [2.45, 2.75) is 32.7 Å². The highest BCUT2D eigenvalue weighted by molar-refractivity contribution is 5.94. The maximum atomic E-state index is 12.8. The lowest BCUT2D eigenvalue weighted by atomic mass is 10.0. The molecular formula is C19H22N2O3. The fraction of sp³-hybridized carbons (Fsp3) is 0.316. The molecule has 0 fully saturated rings. The third-order valence-electron chi connectivity index (χ3n) is 4.02. The highest BCUT2D eigenvalue weighted by atomic mass is 16.4. The first-order valence-corrected chi connectivity index (χ1v) is 8.12. The van der Waals surface area contributed by atoms with E-state index >= 15 is 0 Å². The number of nitrogens with zero attached hydrogens (tertiary/aromatic N) is 2. The molecule has 2 rings (SSSR count). The van der Waals surface area contributed by atoms with Crippen molar-refractivity contribution in [3.8, 4) is 0 Å². The van der Waals surface area contributed by atoms with Crippen molar-refractivity contribution in [1.29, 1.82) is 0 Å². The van der Waals surface area contributed by atoms with E-state index in [0.717, 1.165) is 12.8 Å². The number of carboxylic acids is 1. The van der Waals surface area contributed by atoms with Gasteiger partial charge in [-0.3, -0.25) is 4.79 Å². The molecule has 0 aliphatic rings. The fourth-order valence-electron chi connectivity index (χ4n) is 2.75. The maximum absolute atomic E-state index is 12.8. The number of aromatic carboxylic acids is 1. The van der Waals surface area contributed by atoms with Crippen LogP contribution in [0, 0.1) is 0 Å². The van der Waals surface area contributed by atoms with Crippen LogP contribution in [0.5, 0.6) is 0 Å². The molecule has 1 aromatic heterocycles. The molecule has 0 aliphatic heterocycles. The van der Waals surface area contributed by atoms with Crippen molar-refractivity contribution in [2.75, 3.05) is 6.54 Å². The van der Waals surface area contributed by atoms with Crippen LogP contribution in [-0.2, 0) is 6.42 Å². The number of pyridine rings is 1. The Bertz CT molecular complexity index is 701. The number of benzene rings is 1. The van der Waals surface area contributed by atoms with E-state index in [1.54, 1.807) is 17.0 Å². The number of amides is 1. The van der Waals surface area contributed by atoms with E-state index < -0.39 is 5.97 Å². The zero-order chi connectivity index (χ0) is 17.5. The number of carbonyl (C=O) groups is 2. The summed E-state index contributed by atoms with van der Waals surface area (Å²) in [6.45, 7) is 4.51. The summed E-state index contributed by atoms with van der Waals surface area (Å²) in [5.74, 6) is -1.37. The first kappa shape index (κ1) is 17.7. The Hall–Kier alpha value is -2.69. The number of carbonyl (C=O) groups excluding carboxylic acids is 1. The molecular weight excluding hydrogens is 304 g/mol. The summed E-state index contributed by atoms with van der Waals surface area (Å²) in [5.41, 5.74) is 1.22. The summed E-state index contributed by atoms with van der Waals surface area (Å²) < 4.78 is 0. The largest absolute Gasteiger partial charge is 0.477 e.